The van der Waals surface area contributed by atoms with Crippen molar-refractivity contribution in [1.29, 1.82) is 0 Å². The van der Waals surface area contributed by atoms with Crippen LogP contribution in [-0.2, 0) is 9.59 Å². The summed E-state index contributed by atoms with van der Waals surface area (Å²) in [4.78, 5) is 40.0. The van der Waals surface area contributed by atoms with E-state index in [9.17, 15) is 19.2 Å². The van der Waals surface area contributed by atoms with E-state index in [0.717, 1.165) is 6.07 Å². The first-order chi connectivity index (χ1) is 9.23. The normalized spacial score (nSPS) is 9.00. The Labute approximate surface area is 112 Å². The van der Waals surface area contributed by atoms with Gasteiger partial charge in [0.25, 0.3) is 0 Å². The van der Waals surface area contributed by atoms with Crippen LogP contribution < -0.4 is 0 Å². The predicted octanol–water partition coefficient (Wildman–Crippen LogP) is 1.02. The molecule has 0 unspecified atom stereocenters. The van der Waals surface area contributed by atoms with Gasteiger partial charge in [0.1, 0.15) is 0 Å². The molecule has 0 radical (unpaired) electrons. The van der Waals surface area contributed by atoms with Crippen molar-refractivity contribution in [2.75, 3.05) is 0 Å². The van der Waals surface area contributed by atoms with Crippen molar-refractivity contribution in [3.8, 4) is 0 Å². The maximum absolute atomic E-state index is 10.4. The van der Waals surface area contributed by atoms with Gasteiger partial charge in [-0.3, -0.25) is 9.59 Å². The van der Waals surface area contributed by atoms with Crippen molar-refractivity contribution in [2.24, 2.45) is 0 Å². The third-order valence-electron chi connectivity index (χ3n) is 1.91. The SMILES string of the molecule is O=C(O)CCC(=O)O.O=C(O)c1cccc(C(=O)O)c1. The van der Waals surface area contributed by atoms with Crippen LogP contribution in [0.1, 0.15) is 33.6 Å². The largest absolute Gasteiger partial charge is 0.481 e. The lowest BCUT2D eigenvalue weighted by molar-refractivity contribution is -0.143. The summed E-state index contributed by atoms with van der Waals surface area (Å²) in [7, 11) is 0. The van der Waals surface area contributed by atoms with Crippen LogP contribution in [0.5, 0.6) is 0 Å². The Bertz CT molecular complexity index is 477. The summed E-state index contributed by atoms with van der Waals surface area (Å²) >= 11 is 0. The first-order valence-corrected chi connectivity index (χ1v) is 5.24. The molecule has 1 aromatic carbocycles. The van der Waals surface area contributed by atoms with Crippen LogP contribution in [0.4, 0.5) is 0 Å². The average molecular weight is 284 g/mol. The molecule has 0 saturated carbocycles. The van der Waals surface area contributed by atoms with E-state index < -0.39 is 23.9 Å². The van der Waals surface area contributed by atoms with Crippen molar-refractivity contribution < 1.29 is 39.6 Å². The molecule has 0 aliphatic carbocycles. The minimum Gasteiger partial charge on any atom is -0.481 e. The Kier molecular flexibility index (Phi) is 7.05. The van der Waals surface area contributed by atoms with E-state index in [4.69, 9.17) is 20.4 Å². The van der Waals surface area contributed by atoms with Crippen LogP contribution in [0.15, 0.2) is 24.3 Å². The quantitative estimate of drug-likeness (QED) is 0.625. The Morgan fingerprint density at radius 1 is 0.750 bits per heavy atom. The predicted molar refractivity (Wildman–Crippen MR) is 64.9 cm³/mol. The van der Waals surface area contributed by atoms with Gasteiger partial charge in [0, 0.05) is 0 Å². The second kappa shape index (κ2) is 8.25. The molecule has 0 amide bonds. The molecule has 0 spiro atoms. The van der Waals surface area contributed by atoms with Crippen molar-refractivity contribution in [3.63, 3.8) is 0 Å². The molecule has 108 valence electrons. The van der Waals surface area contributed by atoms with E-state index in [1.165, 1.54) is 18.2 Å². The van der Waals surface area contributed by atoms with Crippen LogP contribution in [0.2, 0.25) is 0 Å². The summed E-state index contributed by atoms with van der Waals surface area (Å²) in [6, 6.07) is 5.20. The Morgan fingerprint density at radius 3 is 1.35 bits per heavy atom. The maximum atomic E-state index is 10.4. The highest BCUT2D eigenvalue weighted by atomic mass is 16.4. The molecule has 0 atom stereocenters. The van der Waals surface area contributed by atoms with Crippen molar-refractivity contribution in [1.82, 2.24) is 0 Å². The fourth-order valence-corrected chi connectivity index (χ4v) is 0.999. The van der Waals surface area contributed by atoms with Gasteiger partial charge in [-0.25, -0.2) is 9.59 Å². The second-order valence-electron chi connectivity index (χ2n) is 3.48. The zero-order valence-corrected chi connectivity index (χ0v) is 10.1. The fraction of sp³-hybridized carbons (Fsp3) is 0.167. The van der Waals surface area contributed by atoms with Crippen LogP contribution in [0.25, 0.3) is 0 Å². The van der Waals surface area contributed by atoms with Gasteiger partial charge in [-0.05, 0) is 18.2 Å². The van der Waals surface area contributed by atoms with Gasteiger partial charge in [-0.2, -0.15) is 0 Å². The van der Waals surface area contributed by atoms with Crippen LogP contribution in [0.3, 0.4) is 0 Å². The van der Waals surface area contributed by atoms with E-state index in [0.29, 0.717) is 0 Å². The van der Waals surface area contributed by atoms with Gasteiger partial charge >= 0.3 is 23.9 Å². The molecule has 1 aromatic rings. The summed E-state index contributed by atoms with van der Waals surface area (Å²) in [6.45, 7) is 0. The number of benzene rings is 1. The van der Waals surface area contributed by atoms with Crippen LogP contribution >= 0.6 is 0 Å². The number of carboxylic acids is 4. The maximum Gasteiger partial charge on any atom is 0.335 e. The summed E-state index contributed by atoms with van der Waals surface area (Å²) < 4.78 is 0. The van der Waals surface area contributed by atoms with Gasteiger partial charge in [0.05, 0.1) is 24.0 Å². The standard InChI is InChI=1S/C8H6O4.C4H6O4/c9-7(10)5-2-1-3-6(4-5)8(11)12;5-3(6)1-2-4(7)8/h1-4H,(H,9,10)(H,11,12);1-2H2,(H,5,6)(H,7,8). The lowest BCUT2D eigenvalue weighted by Gasteiger charge is -1.95. The van der Waals surface area contributed by atoms with E-state index >= 15 is 0 Å². The fourth-order valence-electron chi connectivity index (χ4n) is 0.999. The first kappa shape index (κ1) is 17.1. The zero-order valence-electron chi connectivity index (χ0n) is 10.1. The van der Waals surface area contributed by atoms with Gasteiger partial charge in [0.15, 0.2) is 0 Å². The molecule has 0 bridgehead atoms. The van der Waals surface area contributed by atoms with Crippen LogP contribution in [-0.4, -0.2) is 44.3 Å². The highest BCUT2D eigenvalue weighted by molar-refractivity contribution is 5.93. The summed E-state index contributed by atoms with van der Waals surface area (Å²) in [5, 5.41) is 32.8. The lowest BCUT2D eigenvalue weighted by atomic mass is 10.1. The highest BCUT2D eigenvalue weighted by Crippen LogP contribution is 2.04. The smallest absolute Gasteiger partial charge is 0.335 e. The van der Waals surface area contributed by atoms with E-state index in [2.05, 4.69) is 0 Å². The number of carboxylic acid groups (broad SMARTS) is 4. The van der Waals surface area contributed by atoms with Gasteiger partial charge < -0.3 is 20.4 Å². The topological polar surface area (TPSA) is 149 Å². The Hall–Kier alpha value is -2.90. The van der Waals surface area contributed by atoms with Crippen molar-refractivity contribution in [3.05, 3.63) is 35.4 Å². The number of carbonyl (C=O) groups is 4. The summed E-state index contributed by atoms with van der Waals surface area (Å²) in [5.74, 6) is -4.41. The van der Waals surface area contributed by atoms with Gasteiger partial charge in [-0.1, -0.05) is 6.07 Å². The highest BCUT2D eigenvalue weighted by Gasteiger charge is 2.06. The first-order valence-electron chi connectivity index (χ1n) is 5.24. The Balaban J connectivity index is 0.000000396. The number of hydrogen-bond acceptors (Lipinski definition) is 4. The summed E-state index contributed by atoms with van der Waals surface area (Å²) in [6.07, 6.45) is -0.593. The number of rotatable bonds is 5. The molecular weight excluding hydrogens is 272 g/mol. The monoisotopic (exact) mass is 284 g/mol. The Morgan fingerprint density at radius 2 is 1.10 bits per heavy atom. The van der Waals surface area contributed by atoms with Gasteiger partial charge in [-0.15, -0.1) is 0 Å². The summed E-state index contributed by atoms with van der Waals surface area (Å²) in [5.41, 5.74) is -0.0372. The lowest BCUT2D eigenvalue weighted by Crippen LogP contribution is -2.01. The molecule has 0 saturated heterocycles. The molecule has 0 aromatic heterocycles. The average Bonchev–Trinajstić information content (AvgIpc) is 2.37. The van der Waals surface area contributed by atoms with Crippen molar-refractivity contribution in [2.45, 2.75) is 12.8 Å². The third kappa shape index (κ3) is 7.43. The van der Waals surface area contributed by atoms with Crippen LogP contribution in [0, 0.1) is 0 Å². The minimum absolute atomic E-state index is 0.0186. The van der Waals surface area contributed by atoms with E-state index in [1.807, 2.05) is 0 Å². The molecule has 8 nitrogen and oxygen atoms in total. The second-order valence-corrected chi connectivity index (χ2v) is 3.48. The number of aromatic carboxylic acids is 2. The molecule has 0 fully saturated rings. The molecule has 0 heterocycles. The molecule has 0 aliphatic rings. The molecule has 20 heavy (non-hydrogen) atoms. The molecule has 0 aliphatic heterocycles. The van der Waals surface area contributed by atoms with Crippen molar-refractivity contribution >= 4 is 23.9 Å². The van der Waals surface area contributed by atoms with E-state index in [1.54, 1.807) is 0 Å². The molecular formula is C12H12O8. The molecule has 4 N–H and O–H groups in total. The van der Waals surface area contributed by atoms with E-state index in [-0.39, 0.29) is 24.0 Å². The zero-order chi connectivity index (χ0) is 15.7. The number of hydrogen-bond donors (Lipinski definition) is 4. The van der Waals surface area contributed by atoms with Gasteiger partial charge in [0.2, 0.25) is 0 Å². The number of aliphatic carboxylic acids is 2. The molecule has 1 rings (SSSR count). The third-order valence-corrected chi connectivity index (χ3v) is 1.91. The minimum atomic E-state index is -1.13. The molecule has 8 heteroatoms.